The summed E-state index contributed by atoms with van der Waals surface area (Å²) in [5.74, 6) is 0.827. The van der Waals surface area contributed by atoms with E-state index in [0.29, 0.717) is 0 Å². The SMILES string of the molecule is COC(=O)C1=C2NCCCN2CCC1. The quantitative estimate of drug-likeness (QED) is 0.619. The molecule has 0 radical (unpaired) electrons. The second-order valence-electron chi connectivity index (χ2n) is 3.69. The molecular weight excluding hydrogens is 180 g/mol. The van der Waals surface area contributed by atoms with Crippen LogP contribution in [0.4, 0.5) is 0 Å². The van der Waals surface area contributed by atoms with Gasteiger partial charge in [0.05, 0.1) is 12.7 Å². The third kappa shape index (κ3) is 1.56. The van der Waals surface area contributed by atoms with Crippen molar-refractivity contribution < 1.29 is 9.53 Å². The highest BCUT2D eigenvalue weighted by Crippen LogP contribution is 2.23. The van der Waals surface area contributed by atoms with Crippen LogP contribution in [0.3, 0.4) is 0 Å². The number of hydrogen-bond acceptors (Lipinski definition) is 4. The van der Waals surface area contributed by atoms with E-state index in [2.05, 4.69) is 10.2 Å². The van der Waals surface area contributed by atoms with Gasteiger partial charge in [0.2, 0.25) is 0 Å². The summed E-state index contributed by atoms with van der Waals surface area (Å²) < 4.78 is 4.78. The average molecular weight is 196 g/mol. The van der Waals surface area contributed by atoms with Crippen molar-refractivity contribution in [3.05, 3.63) is 11.4 Å². The summed E-state index contributed by atoms with van der Waals surface area (Å²) in [7, 11) is 1.44. The molecule has 2 aliphatic heterocycles. The van der Waals surface area contributed by atoms with Crippen LogP contribution in [0.15, 0.2) is 11.4 Å². The van der Waals surface area contributed by atoms with Gasteiger partial charge in [-0.3, -0.25) is 0 Å². The van der Waals surface area contributed by atoms with E-state index in [1.165, 1.54) is 7.11 Å². The number of rotatable bonds is 1. The van der Waals surface area contributed by atoms with Crippen LogP contribution < -0.4 is 5.32 Å². The van der Waals surface area contributed by atoms with Crippen LogP contribution in [0.2, 0.25) is 0 Å². The van der Waals surface area contributed by atoms with Crippen LogP contribution in [0, 0.1) is 0 Å². The molecule has 4 heteroatoms. The topological polar surface area (TPSA) is 41.6 Å². The van der Waals surface area contributed by atoms with Crippen molar-refractivity contribution in [3.8, 4) is 0 Å². The molecule has 0 aliphatic carbocycles. The lowest BCUT2D eigenvalue weighted by Gasteiger charge is -2.37. The fourth-order valence-corrected chi connectivity index (χ4v) is 2.11. The molecule has 4 nitrogen and oxygen atoms in total. The van der Waals surface area contributed by atoms with Crippen LogP contribution in [-0.2, 0) is 9.53 Å². The summed E-state index contributed by atoms with van der Waals surface area (Å²) in [6.45, 7) is 3.08. The third-order valence-corrected chi connectivity index (χ3v) is 2.79. The highest BCUT2D eigenvalue weighted by Gasteiger charge is 2.26. The van der Waals surface area contributed by atoms with E-state index in [4.69, 9.17) is 4.74 Å². The summed E-state index contributed by atoms with van der Waals surface area (Å²) >= 11 is 0. The number of nitrogens with zero attached hydrogens (tertiary/aromatic N) is 1. The van der Waals surface area contributed by atoms with E-state index < -0.39 is 0 Å². The zero-order chi connectivity index (χ0) is 9.97. The van der Waals surface area contributed by atoms with E-state index in [0.717, 1.165) is 50.3 Å². The number of esters is 1. The molecule has 0 amide bonds. The Hall–Kier alpha value is -1.19. The monoisotopic (exact) mass is 196 g/mol. The van der Waals surface area contributed by atoms with Crippen molar-refractivity contribution >= 4 is 5.97 Å². The lowest BCUT2D eigenvalue weighted by Crippen LogP contribution is -2.43. The first-order chi connectivity index (χ1) is 6.83. The molecule has 2 aliphatic rings. The second-order valence-corrected chi connectivity index (χ2v) is 3.69. The van der Waals surface area contributed by atoms with Gasteiger partial charge < -0.3 is 15.0 Å². The normalized spacial score (nSPS) is 21.4. The molecular formula is C10H16N2O2. The van der Waals surface area contributed by atoms with Crippen LogP contribution in [0.1, 0.15) is 19.3 Å². The zero-order valence-corrected chi connectivity index (χ0v) is 8.51. The van der Waals surface area contributed by atoms with E-state index in [-0.39, 0.29) is 5.97 Å². The maximum atomic E-state index is 11.5. The second kappa shape index (κ2) is 3.90. The van der Waals surface area contributed by atoms with Gasteiger partial charge in [0, 0.05) is 19.6 Å². The number of ether oxygens (including phenoxy) is 1. The first-order valence-corrected chi connectivity index (χ1v) is 5.13. The number of carbonyl (C=O) groups excluding carboxylic acids is 1. The van der Waals surface area contributed by atoms with Gasteiger partial charge >= 0.3 is 5.97 Å². The van der Waals surface area contributed by atoms with E-state index in [1.807, 2.05) is 0 Å². The van der Waals surface area contributed by atoms with E-state index in [1.54, 1.807) is 0 Å². The fraction of sp³-hybridized carbons (Fsp3) is 0.700. The van der Waals surface area contributed by atoms with Gasteiger partial charge in [-0.2, -0.15) is 0 Å². The van der Waals surface area contributed by atoms with Crippen molar-refractivity contribution in [2.45, 2.75) is 19.3 Å². The van der Waals surface area contributed by atoms with Crippen molar-refractivity contribution in [1.82, 2.24) is 10.2 Å². The molecule has 0 aromatic carbocycles. The Balaban J connectivity index is 2.25. The van der Waals surface area contributed by atoms with Crippen molar-refractivity contribution in [1.29, 1.82) is 0 Å². The largest absolute Gasteiger partial charge is 0.466 e. The summed E-state index contributed by atoms with van der Waals surface area (Å²) in [4.78, 5) is 13.7. The fourth-order valence-electron chi connectivity index (χ4n) is 2.11. The number of fused-ring (bicyclic) bond motifs is 1. The number of carbonyl (C=O) groups is 1. The molecule has 1 saturated heterocycles. The van der Waals surface area contributed by atoms with Gasteiger partial charge in [0.15, 0.2) is 0 Å². The minimum absolute atomic E-state index is 0.181. The molecule has 0 aromatic heterocycles. The molecule has 0 atom stereocenters. The lowest BCUT2D eigenvalue weighted by molar-refractivity contribution is -0.136. The summed E-state index contributed by atoms with van der Waals surface area (Å²) in [6, 6.07) is 0. The molecule has 14 heavy (non-hydrogen) atoms. The smallest absolute Gasteiger partial charge is 0.337 e. The van der Waals surface area contributed by atoms with Crippen molar-refractivity contribution in [2.75, 3.05) is 26.7 Å². The van der Waals surface area contributed by atoms with Gasteiger partial charge in [-0.1, -0.05) is 0 Å². The van der Waals surface area contributed by atoms with E-state index >= 15 is 0 Å². The molecule has 0 saturated carbocycles. The Bertz CT molecular complexity index is 273. The Morgan fingerprint density at radius 3 is 3.00 bits per heavy atom. The van der Waals surface area contributed by atoms with Gasteiger partial charge in [0.1, 0.15) is 5.82 Å². The first-order valence-electron chi connectivity index (χ1n) is 5.13. The highest BCUT2D eigenvalue weighted by atomic mass is 16.5. The Morgan fingerprint density at radius 1 is 1.43 bits per heavy atom. The Labute approximate surface area is 83.9 Å². The zero-order valence-electron chi connectivity index (χ0n) is 8.51. The van der Waals surface area contributed by atoms with Gasteiger partial charge in [-0.15, -0.1) is 0 Å². The molecule has 0 spiro atoms. The minimum Gasteiger partial charge on any atom is -0.466 e. The molecule has 78 valence electrons. The summed E-state index contributed by atoms with van der Waals surface area (Å²) in [5.41, 5.74) is 0.818. The van der Waals surface area contributed by atoms with Crippen LogP contribution in [0.25, 0.3) is 0 Å². The van der Waals surface area contributed by atoms with Crippen molar-refractivity contribution in [3.63, 3.8) is 0 Å². The molecule has 1 N–H and O–H groups in total. The molecule has 1 fully saturated rings. The van der Waals surface area contributed by atoms with Gasteiger partial charge in [-0.05, 0) is 19.3 Å². The molecule has 0 aromatic rings. The third-order valence-electron chi connectivity index (χ3n) is 2.79. The summed E-state index contributed by atoms with van der Waals surface area (Å²) in [6.07, 6.45) is 3.04. The van der Waals surface area contributed by atoms with Crippen LogP contribution in [-0.4, -0.2) is 37.6 Å². The van der Waals surface area contributed by atoms with E-state index in [9.17, 15) is 4.79 Å². The van der Waals surface area contributed by atoms with Crippen LogP contribution in [0.5, 0.6) is 0 Å². The highest BCUT2D eigenvalue weighted by molar-refractivity contribution is 5.89. The van der Waals surface area contributed by atoms with Gasteiger partial charge in [-0.25, -0.2) is 4.79 Å². The average Bonchev–Trinajstić information content (AvgIpc) is 2.27. The minimum atomic E-state index is -0.181. The predicted octanol–water partition coefficient (Wildman–Crippen LogP) is 0.460. The molecule has 2 rings (SSSR count). The molecule has 0 bridgehead atoms. The number of hydrogen-bond donors (Lipinski definition) is 1. The lowest BCUT2D eigenvalue weighted by atomic mass is 10.0. The molecule has 0 unspecified atom stereocenters. The van der Waals surface area contributed by atoms with Crippen LogP contribution >= 0.6 is 0 Å². The predicted molar refractivity (Wildman–Crippen MR) is 52.5 cm³/mol. The standard InChI is InChI=1S/C10H16N2O2/c1-14-10(13)8-4-2-6-12-7-3-5-11-9(8)12/h11H,2-7H2,1H3. The summed E-state index contributed by atoms with van der Waals surface area (Å²) in [5, 5.41) is 3.29. The number of nitrogens with one attached hydrogen (secondary N) is 1. The van der Waals surface area contributed by atoms with Crippen molar-refractivity contribution in [2.24, 2.45) is 0 Å². The Morgan fingerprint density at radius 2 is 2.21 bits per heavy atom. The maximum absolute atomic E-state index is 11.5. The Kier molecular flexibility index (Phi) is 2.61. The first kappa shape index (κ1) is 9.37. The molecule has 2 heterocycles. The number of methoxy groups -OCH3 is 1. The maximum Gasteiger partial charge on any atom is 0.337 e. The van der Waals surface area contributed by atoms with Gasteiger partial charge in [0.25, 0.3) is 0 Å².